The summed E-state index contributed by atoms with van der Waals surface area (Å²) in [5, 5.41) is 32.7. The number of aliphatic hydroxyl groups excluding tert-OH is 1. The molecule has 0 radical (unpaired) electrons. The number of ether oxygens (including phenoxy) is 7. The number of carbonyl (C=O) groups excluding carboxylic acids is 1. The minimum absolute atomic E-state index is 0. The van der Waals surface area contributed by atoms with Crippen LogP contribution in [0.1, 0.15) is 120 Å². The molecule has 0 aromatic rings. The van der Waals surface area contributed by atoms with Crippen LogP contribution in [0.5, 0.6) is 0 Å². The van der Waals surface area contributed by atoms with E-state index in [2.05, 4.69) is 48.5 Å². The number of carboxylic acids is 1. The van der Waals surface area contributed by atoms with Crippen LogP contribution in [-0.2, 0) is 38.0 Å². The molecule has 6 aliphatic heterocycles. The Balaban J connectivity index is 0.00000523. The normalized spacial score (nSPS) is 53.2. The maximum atomic E-state index is 11.7. The zero-order valence-corrected chi connectivity index (χ0v) is 35.8. The summed E-state index contributed by atoms with van der Waals surface area (Å²) < 4.78 is 46.9. The average Bonchev–Trinajstić information content (AvgIpc) is 3.75. The van der Waals surface area contributed by atoms with Gasteiger partial charge in [0.2, 0.25) is 0 Å². The second-order valence-corrected chi connectivity index (χ2v) is 18.4. The van der Waals surface area contributed by atoms with E-state index in [0.29, 0.717) is 6.42 Å². The standard InChI is InChI=1S/C40H68O11.Na/c1-21-11-12-28(46-33(21)26(6)36(42)43)17-29-18-30(45-10)27(7)40(48-29)25(5)19-38(9,51-40)32-13-14-37(8,49-32)35-23(3)16-31(47-35)34-22(2)15-24(4)39(44,20-41)50-34;/h21-35,41,44H,11-20H2,1-10H3,(H,42,43);/q;+1/p-1/t21-,22-,23-,24+,25+,26+,27+,28+,29+,30+,31+,32?,33?,34-,35+,37-,38-,39-,40+;/m0./s1. The number of hydrogen-bond donors (Lipinski definition) is 2. The second kappa shape index (κ2) is 16.2. The van der Waals surface area contributed by atoms with Gasteiger partial charge in [-0.05, 0) is 76.5 Å². The third-order valence-corrected chi connectivity index (χ3v) is 14.4. The van der Waals surface area contributed by atoms with Gasteiger partial charge in [-0.25, -0.2) is 0 Å². The van der Waals surface area contributed by atoms with Gasteiger partial charge >= 0.3 is 29.6 Å². The number of methoxy groups -OCH3 is 1. The summed E-state index contributed by atoms with van der Waals surface area (Å²) >= 11 is 0. The SMILES string of the molecule is CO[C@@H]1C[C@@H](C[C@H]2CC[C@H](C)C([C@@H](C)C(=O)[O-])O2)O[C@]2(O[C@](C)(C3CC[C@@](C)([C@@H]4O[C@@H]([C@H]5O[C@@](O)(CO)[C@H](C)C[C@@H]5C)C[C@@H]4C)O3)C[C@H]2C)[C@@H]1C.[Na+]. The molecule has 6 heterocycles. The monoisotopic (exact) mass is 746 g/mol. The minimum Gasteiger partial charge on any atom is -0.550 e. The first kappa shape index (κ1) is 43.2. The van der Waals surface area contributed by atoms with E-state index in [0.717, 1.165) is 51.4 Å². The molecule has 2 N–H and O–H groups in total. The molecule has 0 aliphatic carbocycles. The molecular formula is C40H67NaO11. The van der Waals surface area contributed by atoms with E-state index in [4.69, 9.17) is 33.2 Å². The molecule has 1 spiro atoms. The van der Waals surface area contributed by atoms with E-state index in [1.165, 1.54) is 0 Å². The van der Waals surface area contributed by atoms with Crippen LogP contribution in [0, 0.1) is 41.4 Å². The van der Waals surface area contributed by atoms with Crippen LogP contribution in [0.3, 0.4) is 0 Å². The van der Waals surface area contributed by atoms with Gasteiger partial charge in [-0.2, -0.15) is 0 Å². The number of aliphatic carboxylic acids is 1. The van der Waals surface area contributed by atoms with E-state index in [1.807, 2.05) is 6.92 Å². The summed E-state index contributed by atoms with van der Waals surface area (Å²) in [6.07, 6.45) is 5.62. The third-order valence-electron chi connectivity index (χ3n) is 14.4. The predicted octanol–water partition coefficient (Wildman–Crippen LogP) is 1.37. The zero-order valence-electron chi connectivity index (χ0n) is 33.8. The number of carboxylic acid groups (broad SMARTS) is 1. The predicted molar refractivity (Wildman–Crippen MR) is 186 cm³/mol. The van der Waals surface area contributed by atoms with Crippen molar-refractivity contribution in [2.75, 3.05) is 13.7 Å². The van der Waals surface area contributed by atoms with Crippen LogP contribution in [0.4, 0.5) is 0 Å². The molecule has 6 saturated heterocycles. The molecule has 0 aromatic heterocycles. The van der Waals surface area contributed by atoms with E-state index in [9.17, 15) is 20.1 Å². The fourth-order valence-corrected chi connectivity index (χ4v) is 11.3. The van der Waals surface area contributed by atoms with Crippen LogP contribution in [0.2, 0.25) is 0 Å². The zero-order chi connectivity index (χ0) is 37.3. The van der Waals surface area contributed by atoms with Gasteiger partial charge in [0.25, 0.3) is 0 Å². The molecular weight excluding hydrogens is 679 g/mol. The minimum atomic E-state index is -1.55. The molecule has 2 unspecified atom stereocenters. The largest absolute Gasteiger partial charge is 1.00 e. The van der Waals surface area contributed by atoms with Crippen molar-refractivity contribution in [1.29, 1.82) is 0 Å². The van der Waals surface area contributed by atoms with Crippen molar-refractivity contribution in [2.24, 2.45) is 41.4 Å². The van der Waals surface area contributed by atoms with Gasteiger partial charge in [0.05, 0.1) is 66.6 Å². The molecule has 0 saturated carbocycles. The van der Waals surface area contributed by atoms with Crippen molar-refractivity contribution in [3.05, 3.63) is 0 Å². The topological polar surface area (TPSA) is 145 Å². The first-order chi connectivity index (χ1) is 23.9. The van der Waals surface area contributed by atoms with E-state index < -0.39 is 41.3 Å². The first-order valence-electron chi connectivity index (χ1n) is 20.0. The Bertz CT molecular complexity index is 1240. The van der Waals surface area contributed by atoms with Crippen molar-refractivity contribution >= 4 is 5.97 Å². The number of aliphatic hydroxyl groups is 2. The molecule has 0 aromatic carbocycles. The van der Waals surface area contributed by atoms with Crippen molar-refractivity contribution in [3.63, 3.8) is 0 Å². The maximum Gasteiger partial charge on any atom is 1.00 e. The summed E-state index contributed by atoms with van der Waals surface area (Å²) in [7, 11) is 1.76. The van der Waals surface area contributed by atoms with Crippen molar-refractivity contribution in [2.45, 2.75) is 192 Å². The molecule has 6 aliphatic rings. The Morgan fingerprint density at radius 3 is 2.25 bits per heavy atom. The van der Waals surface area contributed by atoms with E-state index in [1.54, 1.807) is 14.0 Å². The van der Waals surface area contributed by atoms with Crippen LogP contribution in [0.15, 0.2) is 0 Å². The molecule has 19 atom stereocenters. The van der Waals surface area contributed by atoms with Gasteiger partial charge in [-0.1, -0.05) is 48.5 Å². The number of rotatable bonds is 9. The van der Waals surface area contributed by atoms with Crippen molar-refractivity contribution < 1.29 is 82.8 Å². The summed E-state index contributed by atoms with van der Waals surface area (Å²) in [4.78, 5) is 11.7. The van der Waals surface area contributed by atoms with Gasteiger partial charge in [0.15, 0.2) is 11.6 Å². The van der Waals surface area contributed by atoms with Crippen LogP contribution in [-0.4, -0.2) is 102 Å². The fraction of sp³-hybridized carbons (Fsp3) is 0.975. The first-order valence-corrected chi connectivity index (χ1v) is 20.0. The Morgan fingerprint density at radius 2 is 1.60 bits per heavy atom. The summed E-state index contributed by atoms with van der Waals surface area (Å²) in [6.45, 7) is 18.3. The summed E-state index contributed by atoms with van der Waals surface area (Å²) in [5.74, 6) is -3.70. The van der Waals surface area contributed by atoms with Gasteiger partial charge in [0.1, 0.15) is 0 Å². The second-order valence-electron chi connectivity index (χ2n) is 18.4. The molecule has 6 fully saturated rings. The Kier molecular flexibility index (Phi) is 13.4. The molecule has 6 rings (SSSR count). The smallest absolute Gasteiger partial charge is 0.550 e. The van der Waals surface area contributed by atoms with E-state index >= 15 is 0 Å². The van der Waals surface area contributed by atoms with Gasteiger partial charge in [-0.15, -0.1) is 0 Å². The molecule has 52 heavy (non-hydrogen) atoms. The molecule has 0 bridgehead atoms. The van der Waals surface area contributed by atoms with Crippen LogP contribution < -0.4 is 34.7 Å². The number of hydrogen-bond acceptors (Lipinski definition) is 11. The average molecular weight is 747 g/mol. The van der Waals surface area contributed by atoms with Crippen LogP contribution in [0.25, 0.3) is 0 Å². The van der Waals surface area contributed by atoms with Crippen molar-refractivity contribution in [1.82, 2.24) is 0 Å². The molecule has 12 heteroatoms. The molecule has 0 amide bonds. The van der Waals surface area contributed by atoms with Crippen molar-refractivity contribution in [3.8, 4) is 0 Å². The van der Waals surface area contributed by atoms with Crippen LogP contribution >= 0.6 is 0 Å². The Morgan fingerprint density at radius 1 is 0.885 bits per heavy atom. The quantitative estimate of drug-likeness (QED) is 0.331. The maximum absolute atomic E-state index is 11.7. The third kappa shape index (κ3) is 7.85. The van der Waals surface area contributed by atoms with Gasteiger partial charge in [-0.3, -0.25) is 0 Å². The Hall–Kier alpha value is 0.110. The van der Waals surface area contributed by atoms with Gasteiger partial charge in [0, 0.05) is 49.6 Å². The fourth-order valence-electron chi connectivity index (χ4n) is 11.3. The summed E-state index contributed by atoms with van der Waals surface area (Å²) in [5.41, 5.74) is -1.11. The number of carbonyl (C=O) groups is 1. The molecule has 294 valence electrons. The van der Waals surface area contributed by atoms with Gasteiger partial charge < -0.3 is 53.3 Å². The Labute approximate surface area is 334 Å². The van der Waals surface area contributed by atoms with E-state index in [-0.39, 0.29) is 114 Å². The molecule has 11 nitrogen and oxygen atoms in total. The summed E-state index contributed by atoms with van der Waals surface area (Å²) in [6, 6.07) is 0.